The van der Waals surface area contributed by atoms with Crippen LogP contribution in [0.4, 0.5) is 0 Å². The standard InChI is InChI=1S/C15H16N2O3/c1-2-13(18)16-10-14(19)17(15(20)11-16)9-8-12-6-4-3-5-7-12/h2-7H,1,8-11H2. The van der Waals surface area contributed by atoms with Crippen molar-refractivity contribution >= 4 is 17.7 Å². The van der Waals surface area contributed by atoms with Crippen molar-refractivity contribution in [3.63, 3.8) is 0 Å². The van der Waals surface area contributed by atoms with E-state index in [9.17, 15) is 14.4 Å². The molecule has 3 amide bonds. The average Bonchev–Trinajstić information content (AvgIpc) is 2.46. The molecule has 0 unspecified atom stereocenters. The highest BCUT2D eigenvalue weighted by Crippen LogP contribution is 2.08. The largest absolute Gasteiger partial charge is 0.321 e. The van der Waals surface area contributed by atoms with Crippen LogP contribution in [0.3, 0.4) is 0 Å². The van der Waals surface area contributed by atoms with Crippen molar-refractivity contribution in [2.24, 2.45) is 0 Å². The van der Waals surface area contributed by atoms with Crippen molar-refractivity contribution in [2.45, 2.75) is 6.42 Å². The fourth-order valence-electron chi connectivity index (χ4n) is 2.11. The maximum Gasteiger partial charge on any atom is 0.248 e. The molecule has 5 nitrogen and oxygen atoms in total. The lowest BCUT2D eigenvalue weighted by Gasteiger charge is -2.32. The third-order valence-electron chi connectivity index (χ3n) is 3.21. The number of imide groups is 1. The predicted octanol–water partition coefficient (Wildman–Crippen LogP) is 0.612. The van der Waals surface area contributed by atoms with Gasteiger partial charge in [-0.1, -0.05) is 36.9 Å². The van der Waals surface area contributed by atoms with Gasteiger partial charge in [-0.25, -0.2) is 0 Å². The van der Waals surface area contributed by atoms with E-state index >= 15 is 0 Å². The van der Waals surface area contributed by atoms with Gasteiger partial charge in [-0.05, 0) is 18.1 Å². The van der Waals surface area contributed by atoms with Crippen LogP contribution in [-0.2, 0) is 20.8 Å². The molecular formula is C15H16N2O3. The van der Waals surface area contributed by atoms with Gasteiger partial charge in [-0.15, -0.1) is 0 Å². The number of amides is 3. The van der Waals surface area contributed by atoms with Crippen molar-refractivity contribution in [1.29, 1.82) is 0 Å². The first-order chi connectivity index (χ1) is 9.61. The molecule has 1 aromatic rings. The van der Waals surface area contributed by atoms with Gasteiger partial charge in [-0.3, -0.25) is 19.3 Å². The van der Waals surface area contributed by atoms with Gasteiger partial charge in [0.15, 0.2) is 0 Å². The summed E-state index contributed by atoms with van der Waals surface area (Å²) in [4.78, 5) is 37.7. The summed E-state index contributed by atoms with van der Waals surface area (Å²) in [6.45, 7) is 3.57. The molecule has 0 atom stereocenters. The Morgan fingerprint density at radius 3 is 2.30 bits per heavy atom. The van der Waals surface area contributed by atoms with Crippen molar-refractivity contribution in [2.75, 3.05) is 19.6 Å². The first-order valence-corrected chi connectivity index (χ1v) is 6.40. The fraction of sp³-hybridized carbons (Fsp3) is 0.267. The minimum Gasteiger partial charge on any atom is -0.321 e. The number of benzene rings is 1. The summed E-state index contributed by atoms with van der Waals surface area (Å²) in [6.07, 6.45) is 1.73. The van der Waals surface area contributed by atoms with Gasteiger partial charge >= 0.3 is 0 Å². The van der Waals surface area contributed by atoms with Gasteiger partial charge in [0.2, 0.25) is 17.7 Å². The number of carbonyl (C=O) groups excluding carboxylic acids is 3. The molecule has 5 heteroatoms. The Kier molecular flexibility index (Phi) is 4.30. The quantitative estimate of drug-likeness (QED) is 0.596. The number of carbonyl (C=O) groups is 3. The average molecular weight is 272 g/mol. The van der Waals surface area contributed by atoms with E-state index in [-0.39, 0.29) is 24.9 Å². The lowest BCUT2D eigenvalue weighted by molar-refractivity contribution is -0.155. The molecule has 0 spiro atoms. The maximum atomic E-state index is 11.9. The number of hydrogen-bond acceptors (Lipinski definition) is 3. The normalized spacial score (nSPS) is 15.4. The van der Waals surface area contributed by atoms with Crippen molar-refractivity contribution in [3.05, 3.63) is 48.6 Å². The molecule has 1 heterocycles. The Balaban J connectivity index is 1.97. The number of nitrogens with zero attached hydrogens (tertiary/aromatic N) is 2. The second-order valence-electron chi connectivity index (χ2n) is 4.57. The Bertz CT molecular complexity index is 521. The van der Waals surface area contributed by atoms with Gasteiger partial charge in [0, 0.05) is 6.54 Å². The molecule has 0 aliphatic carbocycles. The highest BCUT2D eigenvalue weighted by molar-refractivity contribution is 6.04. The van der Waals surface area contributed by atoms with Crippen molar-refractivity contribution < 1.29 is 14.4 Å². The fourth-order valence-corrected chi connectivity index (χ4v) is 2.11. The zero-order valence-electron chi connectivity index (χ0n) is 11.1. The van der Waals surface area contributed by atoms with E-state index < -0.39 is 5.91 Å². The van der Waals surface area contributed by atoms with Gasteiger partial charge in [0.1, 0.15) is 13.1 Å². The third kappa shape index (κ3) is 3.12. The first-order valence-electron chi connectivity index (χ1n) is 6.40. The van der Waals surface area contributed by atoms with Gasteiger partial charge in [-0.2, -0.15) is 0 Å². The third-order valence-corrected chi connectivity index (χ3v) is 3.21. The minimum atomic E-state index is -0.394. The summed E-state index contributed by atoms with van der Waals surface area (Å²) in [7, 11) is 0. The lowest BCUT2D eigenvalue weighted by Crippen LogP contribution is -2.55. The van der Waals surface area contributed by atoms with Crippen LogP contribution in [0.25, 0.3) is 0 Å². The van der Waals surface area contributed by atoms with Crippen molar-refractivity contribution in [3.8, 4) is 0 Å². The van der Waals surface area contributed by atoms with Crippen molar-refractivity contribution in [1.82, 2.24) is 9.80 Å². The topological polar surface area (TPSA) is 57.7 Å². The first kappa shape index (κ1) is 14.0. The summed E-state index contributed by atoms with van der Waals surface area (Å²) in [5, 5.41) is 0. The number of hydrogen-bond donors (Lipinski definition) is 0. The number of piperazine rings is 1. The summed E-state index contributed by atoms with van der Waals surface area (Å²) in [6, 6.07) is 9.65. The summed E-state index contributed by atoms with van der Waals surface area (Å²) < 4.78 is 0. The van der Waals surface area contributed by atoms with E-state index in [0.717, 1.165) is 11.6 Å². The SMILES string of the molecule is C=CC(=O)N1CC(=O)N(CCc2ccccc2)C(=O)C1. The molecule has 1 aromatic carbocycles. The van der Waals surface area contributed by atoms with Crippen LogP contribution >= 0.6 is 0 Å². The number of rotatable bonds is 4. The highest BCUT2D eigenvalue weighted by Gasteiger charge is 2.32. The van der Waals surface area contributed by atoms with E-state index in [0.29, 0.717) is 13.0 Å². The molecule has 1 aliphatic rings. The van der Waals surface area contributed by atoms with Crippen LogP contribution in [0, 0.1) is 0 Å². The monoisotopic (exact) mass is 272 g/mol. The van der Waals surface area contributed by atoms with E-state index in [1.165, 1.54) is 9.80 Å². The molecule has 20 heavy (non-hydrogen) atoms. The van der Waals surface area contributed by atoms with Gasteiger partial charge < -0.3 is 4.90 Å². The van der Waals surface area contributed by atoms with E-state index in [1.54, 1.807) is 0 Å². The van der Waals surface area contributed by atoms with Crippen LogP contribution in [0.5, 0.6) is 0 Å². The van der Waals surface area contributed by atoms with Crippen LogP contribution < -0.4 is 0 Å². The predicted molar refractivity (Wildman–Crippen MR) is 73.6 cm³/mol. The van der Waals surface area contributed by atoms with Crippen LogP contribution in [0.15, 0.2) is 43.0 Å². The van der Waals surface area contributed by atoms with Gasteiger partial charge in [0.05, 0.1) is 0 Å². The smallest absolute Gasteiger partial charge is 0.248 e. The molecule has 0 N–H and O–H groups in total. The van der Waals surface area contributed by atoms with E-state index in [1.807, 2.05) is 30.3 Å². The molecular weight excluding hydrogens is 256 g/mol. The zero-order chi connectivity index (χ0) is 14.5. The Hall–Kier alpha value is -2.43. The molecule has 2 rings (SSSR count). The summed E-state index contributed by atoms with van der Waals surface area (Å²) >= 11 is 0. The van der Waals surface area contributed by atoms with Crippen LogP contribution in [0.1, 0.15) is 5.56 Å². The van der Waals surface area contributed by atoms with Crippen LogP contribution in [-0.4, -0.2) is 47.2 Å². The second kappa shape index (κ2) is 6.14. The molecule has 1 aliphatic heterocycles. The summed E-state index contributed by atoms with van der Waals surface area (Å²) in [5.41, 5.74) is 1.07. The molecule has 1 saturated heterocycles. The van der Waals surface area contributed by atoms with E-state index in [4.69, 9.17) is 0 Å². The second-order valence-corrected chi connectivity index (χ2v) is 4.57. The molecule has 1 fully saturated rings. The Labute approximate surface area is 117 Å². The van der Waals surface area contributed by atoms with E-state index in [2.05, 4.69) is 6.58 Å². The maximum absolute atomic E-state index is 11.9. The zero-order valence-corrected chi connectivity index (χ0v) is 11.1. The lowest BCUT2D eigenvalue weighted by atomic mass is 10.1. The van der Waals surface area contributed by atoms with Crippen LogP contribution in [0.2, 0.25) is 0 Å². The molecule has 0 saturated carbocycles. The minimum absolute atomic E-state index is 0.0641. The Morgan fingerprint density at radius 1 is 1.15 bits per heavy atom. The summed E-state index contributed by atoms with van der Waals surface area (Å²) in [5.74, 6) is -1.07. The van der Waals surface area contributed by atoms with Gasteiger partial charge in [0.25, 0.3) is 0 Å². The molecule has 0 aromatic heterocycles. The molecule has 0 radical (unpaired) electrons. The Morgan fingerprint density at radius 2 is 1.75 bits per heavy atom. The highest BCUT2D eigenvalue weighted by atomic mass is 16.2. The molecule has 104 valence electrons. The molecule has 0 bridgehead atoms.